The molecule has 5 rings (SSSR count). The van der Waals surface area contributed by atoms with E-state index in [2.05, 4.69) is 10.3 Å². The van der Waals surface area contributed by atoms with Gasteiger partial charge in [-0.25, -0.2) is 9.80 Å². The number of carbonyl (C=O) groups excluding carboxylic acids is 2. The normalized spacial score (nSPS) is 19.1. The van der Waals surface area contributed by atoms with Gasteiger partial charge in [-0.05, 0) is 41.0 Å². The smallest absolute Gasteiger partial charge is 0.326 e. The van der Waals surface area contributed by atoms with Crippen molar-refractivity contribution in [3.05, 3.63) is 102 Å². The lowest BCUT2D eigenvalue weighted by atomic mass is 9.98. The van der Waals surface area contributed by atoms with Gasteiger partial charge in [0.05, 0.1) is 18.9 Å². The zero-order valence-electron chi connectivity index (χ0n) is 21.8. The number of carboxylic acids is 1. The maximum atomic E-state index is 12.9. The van der Waals surface area contributed by atoms with Crippen molar-refractivity contribution < 1.29 is 24.2 Å². The molecule has 2 aliphatic heterocycles. The summed E-state index contributed by atoms with van der Waals surface area (Å²) in [6, 6.07) is 25.3. The third kappa shape index (κ3) is 6.23. The number of aliphatic carboxylic acids is 1. The predicted molar refractivity (Wildman–Crippen MR) is 153 cm³/mol. The first-order valence-corrected chi connectivity index (χ1v) is 13.7. The Bertz CT molecular complexity index is 1440. The van der Waals surface area contributed by atoms with Crippen LogP contribution < -0.4 is 10.1 Å². The highest BCUT2D eigenvalue weighted by molar-refractivity contribution is 8.15. The fourth-order valence-corrected chi connectivity index (χ4v) is 5.72. The number of hydrazone groups is 1. The zero-order valence-corrected chi connectivity index (χ0v) is 22.6. The van der Waals surface area contributed by atoms with Crippen LogP contribution in [-0.2, 0) is 20.8 Å². The molecule has 3 atom stereocenters. The van der Waals surface area contributed by atoms with Crippen LogP contribution in [0.4, 0.5) is 0 Å². The SMILES string of the molecule is COc1ccc(C2=NN(C3=NC(=O)[C@H](CC(=O)N[C@@H](Cc4ccccc4)C(=O)O)S3)[C@@H](c3ccccc3)C2)cc1. The van der Waals surface area contributed by atoms with E-state index in [1.807, 2.05) is 72.8 Å². The number of nitrogens with zero attached hydrogens (tertiary/aromatic N) is 3. The fraction of sp³-hybridized carbons (Fsp3) is 0.233. The lowest BCUT2D eigenvalue weighted by Gasteiger charge is -2.23. The number of benzene rings is 3. The molecule has 2 aliphatic rings. The van der Waals surface area contributed by atoms with Gasteiger partial charge in [-0.2, -0.15) is 10.1 Å². The second-order valence-electron chi connectivity index (χ2n) is 9.44. The van der Waals surface area contributed by atoms with E-state index in [0.29, 0.717) is 11.6 Å². The van der Waals surface area contributed by atoms with Crippen LogP contribution in [0.15, 0.2) is 95.0 Å². The Kier molecular flexibility index (Phi) is 8.26. The number of amides is 2. The average Bonchev–Trinajstić information content (AvgIpc) is 3.57. The molecule has 2 heterocycles. The van der Waals surface area contributed by atoms with Crippen molar-refractivity contribution in [1.82, 2.24) is 10.3 Å². The highest BCUT2D eigenvalue weighted by Gasteiger charge is 2.39. The van der Waals surface area contributed by atoms with Gasteiger partial charge in [-0.15, -0.1) is 0 Å². The Morgan fingerprint density at radius 3 is 2.38 bits per heavy atom. The summed E-state index contributed by atoms with van der Waals surface area (Å²) < 4.78 is 5.27. The lowest BCUT2D eigenvalue weighted by molar-refractivity contribution is -0.141. The number of nitrogens with one attached hydrogen (secondary N) is 1. The molecule has 0 unspecified atom stereocenters. The summed E-state index contributed by atoms with van der Waals surface area (Å²) in [5.41, 5.74) is 3.60. The van der Waals surface area contributed by atoms with E-state index in [0.717, 1.165) is 28.2 Å². The first kappa shape index (κ1) is 27.1. The number of hydrogen-bond donors (Lipinski definition) is 2. The molecule has 10 heteroatoms. The molecule has 0 fully saturated rings. The maximum absolute atomic E-state index is 12.9. The Hall–Kier alpha value is -4.44. The molecule has 0 bridgehead atoms. The first-order valence-electron chi connectivity index (χ1n) is 12.8. The van der Waals surface area contributed by atoms with Crippen molar-refractivity contribution in [3.8, 4) is 5.75 Å². The monoisotopic (exact) mass is 556 g/mol. The van der Waals surface area contributed by atoms with Crippen molar-refractivity contribution in [2.75, 3.05) is 7.11 Å². The van der Waals surface area contributed by atoms with Crippen molar-refractivity contribution in [2.24, 2.45) is 10.1 Å². The number of ether oxygens (including phenoxy) is 1. The minimum Gasteiger partial charge on any atom is -0.497 e. The quantitative estimate of drug-likeness (QED) is 0.408. The van der Waals surface area contributed by atoms with E-state index in [1.165, 1.54) is 11.8 Å². The van der Waals surface area contributed by atoms with Crippen LogP contribution in [0.5, 0.6) is 5.75 Å². The summed E-state index contributed by atoms with van der Waals surface area (Å²) in [5.74, 6) is -1.35. The molecule has 2 amide bonds. The number of carbonyl (C=O) groups is 3. The minimum absolute atomic E-state index is 0.144. The Labute approximate surface area is 235 Å². The Balaban J connectivity index is 1.29. The summed E-state index contributed by atoms with van der Waals surface area (Å²) in [5, 5.41) is 18.4. The molecule has 204 valence electrons. The van der Waals surface area contributed by atoms with Gasteiger partial charge in [0.15, 0.2) is 5.17 Å². The number of hydrogen-bond acceptors (Lipinski definition) is 7. The second-order valence-corrected chi connectivity index (χ2v) is 10.6. The molecule has 0 saturated heterocycles. The van der Waals surface area contributed by atoms with Crippen molar-refractivity contribution >= 4 is 40.4 Å². The molecule has 0 spiro atoms. The standard InChI is InChI=1S/C30H28N4O5S/c1-39-22-14-12-20(13-15-22)23-17-25(21-10-6-3-7-11-21)34(33-23)30-32-28(36)26(40-30)18-27(35)31-24(29(37)38)16-19-8-4-2-5-9-19/h2-15,24-26H,16-18H2,1H3,(H,31,35)(H,37,38)/t24-,25+,26-/m0/s1. The van der Waals surface area contributed by atoms with Gasteiger partial charge in [-0.1, -0.05) is 72.4 Å². The number of amidine groups is 1. The Morgan fingerprint density at radius 2 is 1.73 bits per heavy atom. The highest BCUT2D eigenvalue weighted by atomic mass is 32.2. The van der Waals surface area contributed by atoms with E-state index < -0.39 is 29.1 Å². The van der Waals surface area contributed by atoms with Gasteiger partial charge >= 0.3 is 5.97 Å². The molecule has 0 aliphatic carbocycles. The molecule has 9 nitrogen and oxygen atoms in total. The fourth-order valence-electron chi connectivity index (χ4n) is 4.66. The van der Waals surface area contributed by atoms with E-state index in [9.17, 15) is 19.5 Å². The molecule has 0 aromatic heterocycles. The molecule has 0 saturated carbocycles. The molecule has 3 aromatic rings. The van der Waals surface area contributed by atoms with Gasteiger partial charge < -0.3 is 15.2 Å². The van der Waals surface area contributed by atoms with E-state index in [1.54, 1.807) is 24.3 Å². The highest BCUT2D eigenvalue weighted by Crippen LogP contribution is 2.38. The number of methoxy groups -OCH3 is 1. The maximum Gasteiger partial charge on any atom is 0.326 e. The topological polar surface area (TPSA) is 121 Å². The van der Waals surface area contributed by atoms with Crippen LogP contribution >= 0.6 is 11.8 Å². The summed E-state index contributed by atoms with van der Waals surface area (Å²) in [7, 11) is 1.61. The van der Waals surface area contributed by atoms with Crippen LogP contribution in [0, 0.1) is 0 Å². The number of thioether (sulfide) groups is 1. The van der Waals surface area contributed by atoms with Gasteiger partial charge in [-0.3, -0.25) is 9.59 Å². The third-order valence-corrected chi connectivity index (χ3v) is 7.87. The van der Waals surface area contributed by atoms with Crippen LogP contribution in [0.2, 0.25) is 0 Å². The number of rotatable bonds is 9. The molecule has 3 aromatic carbocycles. The van der Waals surface area contributed by atoms with Crippen molar-refractivity contribution in [2.45, 2.75) is 36.6 Å². The second kappa shape index (κ2) is 12.2. The average molecular weight is 557 g/mol. The van der Waals surface area contributed by atoms with E-state index in [-0.39, 0.29) is 18.9 Å². The predicted octanol–water partition coefficient (Wildman–Crippen LogP) is 4.05. The third-order valence-electron chi connectivity index (χ3n) is 6.73. The number of carboxylic acid groups (broad SMARTS) is 1. The van der Waals surface area contributed by atoms with Crippen molar-refractivity contribution in [1.29, 1.82) is 0 Å². The van der Waals surface area contributed by atoms with Crippen LogP contribution in [0.3, 0.4) is 0 Å². The Morgan fingerprint density at radius 1 is 1.05 bits per heavy atom. The van der Waals surface area contributed by atoms with E-state index >= 15 is 0 Å². The van der Waals surface area contributed by atoms with Gasteiger partial charge in [0, 0.05) is 19.3 Å². The summed E-state index contributed by atoms with van der Waals surface area (Å²) in [4.78, 5) is 41.7. The molecule has 0 radical (unpaired) electrons. The first-order chi connectivity index (χ1) is 19.4. The van der Waals surface area contributed by atoms with Crippen LogP contribution in [0.25, 0.3) is 0 Å². The van der Waals surface area contributed by atoms with Gasteiger partial charge in [0.25, 0.3) is 5.91 Å². The van der Waals surface area contributed by atoms with Crippen LogP contribution in [0.1, 0.15) is 35.6 Å². The van der Waals surface area contributed by atoms with Gasteiger partial charge in [0.2, 0.25) is 5.91 Å². The lowest BCUT2D eigenvalue weighted by Crippen LogP contribution is -2.43. The van der Waals surface area contributed by atoms with Crippen LogP contribution in [-0.4, -0.2) is 57.2 Å². The molecular formula is C30H28N4O5S. The largest absolute Gasteiger partial charge is 0.497 e. The van der Waals surface area contributed by atoms with E-state index in [4.69, 9.17) is 9.84 Å². The summed E-state index contributed by atoms with van der Waals surface area (Å²) in [6.07, 6.45) is 0.563. The molecule has 40 heavy (non-hydrogen) atoms. The molecule has 2 N–H and O–H groups in total. The summed E-state index contributed by atoms with van der Waals surface area (Å²) in [6.45, 7) is 0. The zero-order chi connectivity index (χ0) is 28.1. The number of aliphatic imine (C=N–C) groups is 1. The molecular weight excluding hydrogens is 528 g/mol. The van der Waals surface area contributed by atoms with Gasteiger partial charge in [0.1, 0.15) is 17.0 Å². The van der Waals surface area contributed by atoms with Crippen molar-refractivity contribution in [3.63, 3.8) is 0 Å². The summed E-state index contributed by atoms with van der Waals surface area (Å²) >= 11 is 1.18. The minimum atomic E-state index is -1.14.